The van der Waals surface area contributed by atoms with Crippen molar-refractivity contribution in [1.29, 1.82) is 0 Å². The number of anilines is 1. The van der Waals surface area contributed by atoms with Gasteiger partial charge in [0.15, 0.2) is 0 Å². The third-order valence-corrected chi connectivity index (χ3v) is 3.10. The van der Waals surface area contributed by atoms with Crippen molar-refractivity contribution in [2.24, 2.45) is 5.92 Å². The summed E-state index contributed by atoms with van der Waals surface area (Å²) >= 11 is 0. The summed E-state index contributed by atoms with van der Waals surface area (Å²) in [5.74, 6) is 1.33. The maximum atomic E-state index is 9.92. The lowest BCUT2D eigenvalue weighted by molar-refractivity contribution is 0.123. The minimum Gasteiger partial charge on any atom is -0.391 e. The zero-order valence-corrected chi connectivity index (χ0v) is 8.89. The van der Waals surface area contributed by atoms with Gasteiger partial charge >= 0.3 is 0 Å². The lowest BCUT2D eigenvalue weighted by atomic mass is 10.0. The third-order valence-electron chi connectivity index (χ3n) is 3.10. The average Bonchev–Trinajstić information content (AvgIpc) is 2.81. The van der Waals surface area contributed by atoms with Crippen LogP contribution in [0.4, 0.5) is 5.82 Å². The highest BCUT2D eigenvalue weighted by atomic mass is 16.3. The molecule has 1 atom stereocenters. The average molecular weight is 206 g/mol. The fourth-order valence-electron chi connectivity index (χ4n) is 2.19. The van der Waals surface area contributed by atoms with E-state index >= 15 is 0 Å². The van der Waals surface area contributed by atoms with Crippen LogP contribution in [0.3, 0.4) is 0 Å². The van der Waals surface area contributed by atoms with Crippen LogP contribution in [0.1, 0.15) is 25.7 Å². The third kappa shape index (κ3) is 2.93. The molecule has 1 aromatic rings. The molecule has 0 bridgehead atoms. The van der Waals surface area contributed by atoms with E-state index < -0.39 is 0 Å². The van der Waals surface area contributed by atoms with Crippen molar-refractivity contribution in [1.82, 2.24) is 4.98 Å². The van der Waals surface area contributed by atoms with Gasteiger partial charge in [0.1, 0.15) is 5.82 Å². The van der Waals surface area contributed by atoms with E-state index in [1.807, 2.05) is 18.2 Å². The number of aliphatic hydroxyl groups excluding tert-OH is 1. The van der Waals surface area contributed by atoms with Crippen molar-refractivity contribution in [2.45, 2.75) is 31.8 Å². The highest BCUT2D eigenvalue weighted by Crippen LogP contribution is 2.27. The lowest BCUT2D eigenvalue weighted by Crippen LogP contribution is -2.26. The van der Waals surface area contributed by atoms with Crippen LogP contribution in [-0.4, -0.2) is 22.7 Å². The summed E-state index contributed by atoms with van der Waals surface area (Å²) < 4.78 is 0. The molecule has 3 heteroatoms. The minimum absolute atomic E-state index is 0.227. The first-order valence-electron chi connectivity index (χ1n) is 5.69. The zero-order valence-electron chi connectivity index (χ0n) is 8.89. The van der Waals surface area contributed by atoms with E-state index in [1.54, 1.807) is 6.20 Å². The van der Waals surface area contributed by atoms with Crippen molar-refractivity contribution >= 4 is 5.82 Å². The van der Waals surface area contributed by atoms with Gasteiger partial charge in [-0.1, -0.05) is 18.9 Å². The van der Waals surface area contributed by atoms with E-state index in [9.17, 15) is 5.11 Å². The van der Waals surface area contributed by atoms with Crippen LogP contribution in [0.15, 0.2) is 24.4 Å². The van der Waals surface area contributed by atoms with E-state index in [2.05, 4.69) is 10.3 Å². The summed E-state index contributed by atoms with van der Waals surface area (Å²) in [6, 6.07) is 5.75. The van der Waals surface area contributed by atoms with Gasteiger partial charge in [-0.3, -0.25) is 0 Å². The maximum Gasteiger partial charge on any atom is 0.125 e. The van der Waals surface area contributed by atoms with Crippen molar-refractivity contribution < 1.29 is 5.11 Å². The number of hydrogen-bond acceptors (Lipinski definition) is 3. The van der Waals surface area contributed by atoms with Crippen molar-refractivity contribution in [3.63, 3.8) is 0 Å². The molecule has 2 N–H and O–H groups in total. The zero-order chi connectivity index (χ0) is 10.5. The molecule has 82 valence electrons. The molecule has 1 heterocycles. The van der Waals surface area contributed by atoms with Crippen molar-refractivity contribution in [2.75, 3.05) is 11.9 Å². The number of pyridine rings is 1. The lowest BCUT2D eigenvalue weighted by Gasteiger charge is -2.18. The second kappa shape index (κ2) is 5.12. The molecule has 1 unspecified atom stereocenters. The number of hydrogen-bond donors (Lipinski definition) is 2. The van der Waals surface area contributed by atoms with E-state index in [4.69, 9.17) is 0 Å². The Morgan fingerprint density at radius 1 is 1.40 bits per heavy atom. The van der Waals surface area contributed by atoms with Crippen LogP contribution in [0.5, 0.6) is 0 Å². The standard InChI is InChI=1S/C12H18N2O/c15-11(10-5-1-2-6-10)9-14-12-7-3-4-8-13-12/h3-4,7-8,10-11,15H,1-2,5-6,9H2,(H,13,14). The number of rotatable bonds is 4. The highest BCUT2D eigenvalue weighted by Gasteiger charge is 2.22. The van der Waals surface area contributed by atoms with Crippen LogP contribution in [0.2, 0.25) is 0 Å². The first-order valence-corrected chi connectivity index (χ1v) is 5.69. The molecule has 2 rings (SSSR count). The molecule has 3 nitrogen and oxygen atoms in total. The summed E-state index contributed by atoms with van der Waals surface area (Å²) in [4.78, 5) is 4.16. The Morgan fingerprint density at radius 2 is 2.20 bits per heavy atom. The highest BCUT2D eigenvalue weighted by molar-refractivity contribution is 5.33. The molecule has 0 aromatic carbocycles. The Hall–Kier alpha value is -1.09. The van der Waals surface area contributed by atoms with Gasteiger partial charge in [-0.2, -0.15) is 0 Å². The van der Waals surface area contributed by atoms with Gasteiger partial charge < -0.3 is 10.4 Å². The molecule has 15 heavy (non-hydrogen) atoms. The molecule has 0 saturated heterocycles. The Kier molecular flexibility index (Phi) is 3.56. The summed E-state index contributed by atoms with van der Waals surface area (Å²) in [5.41, 5.74) is 0. The van der Waals surface area contributed by atoms with Gasteiger partial charge in [0.05, 0.1) is 6.10 Å². The monoisotopic (exact) mass is 206 g/mol. The summed E-state index contributed by atoms with van der Waals surface area (Å²) in [7, 11) is 0. The van der Waals surface area contributed by atoms with Gasteiger partial charge in [-0.05, 0) is 30.9 Å². The quantitative estimate of drug-likeness (QED) is 0.792. The molecular formula is C12H18N2O. The fraction of sp³-hybridized carbons (Fsp3) is 0.583. The predicted molar refractivity (Wildman–Crippen MR) is 60.7 cm³/mol. The first kappa shape index (κ1) is 10.4. The molecule has 1 aromatic heterocycles. The molecule has 0 amide bonds. The molecule has 1 fully saturated rings. The van der Waals surface area contributed by atoms with Crippen LogP contribution in [0.25, 0.3) is 0 Å². The fourth-order valence-corrected chi connectivity index (χ4v) is 2.19. The van der Waals surface area contributed by atoms with Crippen molar-refractivity contribution in [3.8, 4) is 0 Å². The second-order valence-electron chi connectivity index (χ2n) is 4.21. The predicted octanol–water partition coefficient (Wildman–Crippen LogP) is 2.04. The van der Waals surface area contributed by atoms with Gasteiger partial charge in [0.25, 0.3) is 0 Å². The van der Waals surface area contributed by atoms with E-state index in [0.717, 1.165) is 5.82 Å². The molecular weight excluding hydrogens is 188 g/mol. The minimum atomic E-state index is -0.227. The summed E-state index contributed by atoms with van der Waals surface area (Å²) in [6.07, 6.45) is 6.41. The molecule has 1 saturated carbocycles. The van der Waals surface area contributed by atoms with Crippen molar-refractivity contribution in [3.05, 3.63) is 24.4 Å². The van der Waals surface area contributed by atoms with E-state index in [1.165, 1.54) is 25.7 Å². The second-order valence-corrected chi connectivity index (χ2v) is 4.21. The van der Waals surface area contributed by atoms with Gasteiger partial charge in [0.2, 0.25) is 0 Å². The Labute approximate surface area is 90.5 Å². The van der Waals surface area contributed by atoms with E-state index in [0.29, 0.717) is 12.5 Å². The van der Waals surface area contributed by atoms with Gasteiger partial charge in [0, 0.05) is 12.7 Å². The number of aromatic nitrogens is 1. The topological polar surface area (TPSA) is 45.1 Å². The Morgan fingerprint density at radius 3 is 2.87 bits per heavy atom. The number of nitrogens with one attached hydrogen (secondary N) is 1. The van der Waals surface area contributed by atoms with Crippen LogP contribution in [0, 0.1) is 5.92 Å². The van der Waals surface area contributed by atoms with Crippen LogP contribution in [-0.2, 0) is 0 Å². The molecule has 0 radical (unpaired) electrons. The largest absolute Gasteiger partial charge is 0.391 e. The number of aliphatic hydroxyl groups is 1. The Balaban J connectivity index is 1.77. The van der Waals surface area contributed by atoms with Gasteiger partial charge in [-0.25, -0.2) is 4.98 Å². The molecule has 1 aliphatic rings. The SMILES string of the molecule is OC(CNc1ccccn1)C1CCCC1. The number of nitrogens with zero attached hydrogens (tertiary/aromatic N) is 1. The molecule has 1 aliphatic carbocycles. The first-order chi connectivity index (χ1) is 7.36. The van der Waals surface area contributed by atoms with Gasteiger partial charge in [-0.15, -0.1) is 0 Å². The van der Waals surface area contributed by atoms with E-state index in [-0.39, 0.29) is 6.10 Å². The molecule has 0 spiro atoms. The summed E-state index contributed by atoms with van der Waals surface area (Å²) in [6.45, 7) is 0.613. The van der Waals surface area contributed by atoms with Crippen LogP contribution >= 0.6 is 0 Å². The molecule has 0 aliphatic heterocycles. The van der Waals surface area contributed by atoms with Crippen LogP contribution < -0.4 is 5.32 Å². The maximum absolute atomic E-state index is 9.92. The Bertz CT molecular complexity index is 283. The normalized spacial score (nSPS) is 19.0. The summed E-state index contributed by atoms with van der Waals surface area (Å²) in [5, 5.41) is 13.1. The smallest absolute Gasteiger partial charge is 0.125 e.